The van der Waals surface area contributed by atoms with Gasteiger partial charge in [-0.25, -0.2) is 4.79 Å². The standard InChI is InChI=1S/C17H20O6/c1-10(2)3-5-14-16(20)13-6-4-12(22-9-11(19)8-18)7-15(13)23-17(14)21/h3-4,6-7,11,18-20H,5,8-9H2,1-2H3. The van der Waals surface area contributed by atoms with Gasteiger partial charge in [0.15, 0.2) is 0 Å². The van der Waals surface area contributed by atoms with Gasteiger partial charge in [0.25, 0.3) is 0 Å². The average Bonchev–Trinajstić information content (AvgIpc) is 2.51. The van der Waals surface area contributed by atoms with Crippen molar-refractivity contribution >= 4 is 11.0 Å². The van der Waals surface area contributed by atoms with E-state index in [0.29, 0.717) is 17.6 Å². The fourth-order valence-electron chi connectivity index (χ4n) is 2.02. The third-order valence-corrected chi connectivity index (χ3v) is 3.31. The molecule has 1 heterocycles. The minimum absolute atomic E-state index is 0.0864. The monoisotopic (exact) mass is 320 g/mol. The number of fused-ring (bicyclic) bond motifs is 1. The summed E-state index contributed by atoms with van der Waals surface area (Å²) in [6, 6.07) is 4.64. The molecule has 3 N–H and O–H groups in total. The van der Waals surface area contributed by atoms with Crippen molar-refractivity contribution in [1.82, 2.24) is 0 Å². The van der Waals surface area contributed by atoms with Crippen LogP contribution in [0.1, 0.15) is 19.4 Å². The van der Waals surface area contributed by atoms with Crippen molar-refractivity contribution in [2.24, 2.45) is 0 Å². The first-order chi connectivity index (χ1) is 10.9. The van der Waals surface area contributed by atoms with E-state index in [0.717, 1.165) is 5.57 Å². The highest BCUT2D eigenvalue weighted by molar-refractivity contribution is 5.85. The van der Waals surface area contributed by atoms with Crippen molar-refractivity contribution in [3.8, 4) is 11.5 Å². The van der Waals surface area contributed by atoms with E-state index in [1.165, 1.54) is 6.07 Å². The number of hydrogen-bond donors (Lipinski definition) is 3. The van der Waals surface area contributed by atoms with E-state index >= 15 is 0 Å². The second-order valence-corrected chi connectivity index (χ2v) is 5.51. The van der Waals surface area contributed by atoms with Crippen LogP contribution in [0.2, 0.25) is 0 Å². The van der Waals surface area contributed by atoms with Crippen molar-refractivity contribution in [3.63, 3.8) is 0 Å². The predicted octanol–water partition coefficient (Wildman–Crippen LogP) is 1.74. The maximum Gasteiger partial charge on any atom is 0.343 e. The number of aliphatic hydroxyl groups excluding tert-OH is 2. The van der Waals surface area contributed by atoms with Crippen molar-refractivity contribution in [2.45, 2.75) is 26.4 Å². The lowest BCUT2D eigenvalue weighted by Gasteiger charge is -2.11. The molecule has 0 radical (unpaired) electrons. The molecule has 0 aliphatic rings. The van der Waals surface area contributed by atoms with Gasteiger partial charge in [0.2, 0.25) is 0 Å². The first-order valence-electron chi connectivity index (χ1n) is 7.26. The fourth-order valence-corrected chi connectivity index (χ4v) is 2.02. The van der Waals surface area contributed by atoms with Crippen LogP contribution in [0.25, 0.3) is 11.0 Å². The second kappa shape index (κ2) is 7.30. The van der Waals surface area contributed by atoms with E-state index in [-0.39, 0.29) is 23.5 Å². The Balaban J connectivity index is 2.36. The summed E-state index contributed by atoms with van der Waals surface area (Å²) in [4.78, 5) is 12.0. The normalized spacial score (nSPS) is 12.2. The Morgan fingerprint density at radius 2 is 2.13 bits per heavy atom. The fraction of sp³-hybridized carbons (Fsp3) is 0.353. The molecule has 0 fully saturated rings. The number of hydrogen-bond acceptors (Lipinski definition) is 6. The molecule has 23 heavy (non-hydrogen) atoms. The van der Waals surface area contributed by atoms with Crippen LogP contribution in [0.15, 0.2) is 39.1 Å². The zero-order chi connectivity index (χ0) is 17.0. The highest BCUT2D eigenvalue weighted by Crippen LogP contribution is 2.29. The van der Waals surface area contributed by atoms with E-state index in [9.17, 15) is 15.0 Å². The third-order valence-electron chi connectivity index (χ3n) is 3.31. The SMILES string of the molecule is CC(C)=CCc1c(O)c2ccc(OCC(O)CO)cc2oc1=O. The first-order valence-corrected chi connectivity index (χ1v) is 7.26. The molecule has 0 spiro atoms. The Morgan fingerprint density at radius 3 is 2.78 bits per heavy atom. The predicted molar refractivity (Wildman–Crippen MR) is 85.9 cm³/mol. The summed E-state index contributed by atoms with van der Waals surface area (Å²) in [6.45, 7) is 3.32. The summed E-state index contributed by atoms with van der Waals surface area (Å²) in [5.74, 6) is 0.264. The van der Waals surface area contributed by atoms with Crippen LogP contribution in [0.3, 0.4) is 0 Å². The summed E-state index contributed by atoms with van der Waals surface area (Å²) < 4.78 is 10.5. The maximum atomic E-state index is 12.0. The van der Waals surface area contributed by atoms with Gasteiger partial charge in [0, 0.05) is 12.5 Å². The van der Waals surface area contributed by atoms with Crippen LogP contribution in [-0.4, -0.2) is 34.6 Å². The molecule has 0 bridgehead atoms. The van der Waals surface area contributed by atoms with Gasteiger partial charge in [-0.15, -0.1) is 0 Å². The van der Waals surface area contributed by atoms with E-state index in [1.807, 2.05) is 19.9 Å². The molecule has 1 aromatic carbocycles. The van der Waals surface area contributed by atoms with Gasteiger partial charge in [-0.3, -0.25) is 0 Å². The van der Waals surface area contributed by atoms with Crippen LogP contribution < -0.4 is 10.4 Å². The van der Waals surface area contributed by atoms with Gasteiger partial charge in [0.05, 0.1) is 17.6 Å². The van der Waals surface area contributed by atoms with Gasteiger partial charge in [0.1, 0.15) is 29.8 Å². The average molecular weight is 320 g/mol. The number of aliphatic hydroxyl groups is 2. The molecule has 0 saturated carbocycles. The molecular formula is C17H20O6. The van der Waals surface area contributed by atoms with Gasteiger partial charge < -0.3 is 24.5 Å². The molecule has 2 rings (SSSR count). The number of rotatable bonds is 6. The van der Waals surface area contributed by atoms with Crippen molar-refractivity contribution in [1.29, 1.82) is 0 Å². The third kappa shape index (κ3) is 4.12. The molecule has 124 valence electrons. The second-order valence-electron chi connectivity index (χ2n) is 5.51. The Morgan fingerprint density at radius 1 is 1.39 bits per heavy atom. The molecule has 6 nitrogen and oxygen atoms in total. The van der Waals surface area contributed by atoms with Gasteiger partial charge in [-0.2, -0.15) is 0 Å². The lowest BCUT2D eigenvalue weighted by Crippen LogP contribution is -2.21. The summed E-state index contributed by atoms with van der Waals surface area (Å²) in [5.41, 5.74) is 0.850. The Hall–Kier alpha value is -2.31. The summed E-state index contributed by atoms with van der Waals surface area (Å²) in [7, 11) is 0. The first kappa shape index (κ1) is 17.1. The van der Waals surface area contributed by atoms with Crippen LogP contribution >= 0.6 is 0 Å². The largest absolute Gasteiger partial charge is 0.507 e. The molecule has 1 atom stereocenters. The van der Waals surface area contributed by atoms with Crippen molar-refractivity contribution in [2.75, 3.05) is 13.2 Å². The molecule has 0 saturated heterocycles. The molecule has 6 heteroatoms. The zero-order valence-corrected chi connectivity index (χ0v) is 13.1. The lowest BCUT2D eigenvalue weighted by atomic mass is 10.1. The van der Waals surface area contributed by atoms with Gasteiger partial charge in [-0.05, 0) is 26.0 Å². The zero-order valence-electron chi connectivity index (χ0n) is 13.1. The topological polar surface area (TPSA) is 100 Å². The molecular weight excluding hydrogens is 300 g/mol. The minimum atomic E-state index is -0.988. The number of ether oxygens (including phenoxy) is 1. The summed E-state index contributed by atoms with van der Waals surface area (Å²) >= 11 is 0. The number of aromatic hydroxyl groups is 1. The van der Waals surface area contributed by atoms with Crippen molar-refractivity contribution in [3.05, 3.63) is 45.8 Å². The minimum Gasteiger partial charge on any atom is -0.507 e. The smallest absolute Gasteiger partial charge is 0.343 e. The van der Waals surface area contributed by atoms with Crippen LogP contribution in [-0.2, 0) is 6.42 Å². The molecule has 1 unspecified atom stereocenters. The molecule has 0 amide bonds. The van der Waals surface area contributed by atoms with E-state index in [4.69, 9.17) is 14.3 Å². The number of benzene rings is 1. The summed E-state index contributed by atoms with van der Waals surface area (Å²) in [6.07, 6.45) is 1.15. The molecule has 2 aromatic rings. The van der Waals surface area contributed by atoms with E-state index in [1.54, 1.807) is 12.1 Å². The molecule has 0 aliphatic carbocycles. The quantitative estimate of drug-likeness (QED) is 0.554. The molecule has 1 aromatic heterocycles. The van der Waals surface area contributed by atoms with Gasteiger partial charge >= 0.3 is 5.63 Å². The number of allylic oxidation sites excluding steroid dienone is 2. The Labute approximate surface area is 133 Å². The van der Waals surface area contributed by atoms with Crippen LogP contribution in [0.4, 0.5) is 0 Å². The lowest BCUT2D eigenvalue weighted by molar-refractivity contribution is 0.0536. The highest BCUT2D eigenvalue weighted by Gasteiger charge is 2.14. The highest BCUT2D eigenvalue weighted by atomic mass is 16.5. The van der Waals surface area contributed by atoms with Gasteiger partial charge in [-0.1, -0.05) is 11.6 Å². The Bertz CT molecular complexity index is 770. The van der Waals surface area contributed by atoms with E-state index < -0.39 is 18.3 Å². The molecule has 0 aliphatic heterocycles. The summed E-state index contributed by atoms with van der Waals surface area (Å²) in [5, 5.41) is 28.7. The van der Waals surface area contributed by atoms with Crippen LogP contribution in [0, 0.1) is 0 Å². The van der Waals surface area contributed by atoms with Crippen molar-refractivity contribution < 1.29 is 24.5 Å². The van der Waals surface area contributed by atoms with Crippen LogP contribution in [0.5, 0.6) is 11.5 Å². The maximum absolute atomic E-state index is 12.0. The Kier molecular flexibility index (Phi) is 5.41. The van der Waals surface area contributed by atoms with E-state index in [2.05, 4.69) is 0 Å².